The molecular weight excluding hydrogens is 319 g/mol. The fourth-order valence-corrected chi connectivity index (χ4v) is 3.79. The van der Waals surface area contributed by atoms with Crippen LogP contribution >= 0.6 is 11.5 Å². The van der Waals surface area contributed by atoms with Gasteiger partial charge in [-0.15, -0.1) is 0 Å². The van der Waals surface area contributed by atoms with Crippen molar-refractivity contribution in [3.63, 3.8) is 0 Å². The molecular formula is C15H15FN4O2S. The predicted molar refractivity (Wildman–Crippen MR) is 90.2 cm³/mol. The van der Waals surface area contributed by atoms with Crippen LogP contribution in [-0.4, -0.2) is 35.0 Å². The Balaban J connectivity index is 1.83. The minimum Gasteiger partial charge on any atom is -0.366 e. The number of hydrogen-bond acceptors (Lipinski definition) is 5. The number of benzene rings is 1. The van der Waals surface area contributed by atoms with Crippen LogP contribution < -0.4 is 21.2 Å². The molecule has 6 nitrogen and oxygen atoms in total. The molecule has 1 aromatic carbocycles. The number of aromatic amines is 2. The maximum absolute atomic E-state index is 14.4. The van der Waals surface area contributed by atoms with Crippen LogP contribution in [0.3, 0.4) is 0 Å². The Hall–Kier alpha value is -2.19. The number of pyridine rings is 1. The number of hydrogen-bond donors (Lipinski definition) is 3. The zero-order valence-electron chi connectivity index (χ0n) is 12.4. The Labute approximate surface area is 134 Å². The summed E-state index contributed by atoms with van der Waals surface area (Å²) in [6.45, 7) is 4.40. The summed E-state index contributed by atoms with van der Waals surface area (Å²) in [5, 5.41) is 3.58. The molecule has 4 rings (SSSR count). The summed E-state index contributed by atoms with van der Waals surface area (Å²) in [6, 6.07) is 3.24. The van der Waals surface area contributed by atoms with Gasteiger partial charge in [0.2, 0.25) is 5.43 Å². The predicted octanol–water partition coefficient (Wildman–Crippen LogP) is 1.37. The van der Waals surface area contributed by atoms with Gasteiger partial charge < -0.3 is 15.2 Å². The van der Waals surface area contributed by atoms with Crippen molar-refractivity contribution in [2.45, 2.75) is 13.0 Å². The van der Waals surface area contributed by atoms with Crippen LogP contribution in [0.5, 0.6) is 0 Å². The van der Waals surface area contributed by atoms with E-state index >= 15 is 0 Å². The van der Waals surface area contributed by atoms with Crippen LogP contribution in [-0.2, 0) is 0 Å². The molecule has 23 heavy (non-hydrogen) atoms. The molecule has 1 aliphatic rings. The van der Waals surface area contributed by atoms with Gasteiger partial charge in [-0.1, -0.05) is 6.92 Å². The van der Waals surface area contributed by atoms with Gasteiger partial charge in [0.15, 0.2) is 0 Å². The van der Waals surface area contributed by atoms with Crippen molar-refractivity contribution in [2.75, 3.05) is 24.5 Å². The third-order valence-corrected chi connectivity index (χ3v) is 5.02. The molecule has 0 radical (unpaired) electrons. The molecule has 0 amide bonds. The van der Waals surface area contributed by atoms with Gasteiger partial charge in [-0.2, -0.15) is 0 Å². The number of aromatic nitrogens is 2. The van der Waals surface area contributed by atoms with Gasteiger partial charge in [-0.25, -0.2) is 4.39 Å². The van der Waals surface area contributed by atoms with E-state index in [1.807, 2.05) is 11.8 Å². The first-order valence-corrected chi connectivity index (χ1v) is 8.25. The Morgan fingerprint density at radius 2 is 2.17 bits per heavy atom. The lowest BCUT2D eigenvalue weighted by Gasteiger charge is -2.41. The maximum Gasteiger partial charge on any atom is 0.271 e. The summed E-state index contributed by atoms with van der Waals surface area (Å²) >= 11 is 1.08. The molecule has 0 spiro atoms. The summed E-state index contributed by atoms with van der Waals surface area (Å²) in [4.78, 5) is 29.6. The molecule has 1 saturated heterocycles. The SMILES string of the molecule is CCNC1CN(c2cc3[nH]c4s[nH]c(=O)c4c(=O)c3cc2F)C1. The van der Waals surface area contributed by atoms with Crippen molar-refractivity contribution in [3.8, 4) is 0 Å². The average Bonchev–Trinajstić information content (AvgIpc) is 2.85. The quantitative estimate of drug-likeness (QED) is 0.676. The number of fused-ring (bicyclic) bond motifs is 2. The van der Waals surface area contributed by atoms with Crippen molar-refractivity contribution in [1.29, 1.82) is 0 Å². The lowest BCUT2D eigenvalue weighted by Crippen LogP contribution is -2.58. The number of anilines is 1. The topological polar surface area (TPSA) is 81.0 Å². The van der Waals surface area contributed by atoms with Crippen LogP contribution in [0, 0.1) is 5.82 Å². The number of halogens is 1. The van der Waals surface area contributed by atoms with E-state index in [1.54, 1.807) is 6.07 Å². The highest BCUT2D eigenvalue weighted by Crippen LogP contribution is 2.28. The average molecular weight is 334 g/mol. The first-order chi connectivity index (χ1) is 11.1. The monoisotopic (exact) mass is 334 g/mol. The van der Waals surface area contributed by atoms with E-state index in [-0.39, 0.29) is 10.8 Å². The summed E-state index contributed by atoms with van der Waals surface area (Å²) in [7, 11) is 0. The van der Waals surface area contributed by atoms with Crippen molar-refractivity contribution in [1.82, 2.24) is 14.7 Å². The highest BCUT2D eigenvalue weighted by atomic mass is 32.1. The van der Waals surface area contributed by atoms with E-state index in [4.69, 9.17) is 0 Å². The van der Waals surface area contributed by atoms with Gasteiger partial charge in [-0.05, 0) is 30.2 Å². The van der Waals surface area contributed by atoms with Crippen molar-refractivity contribution >= 4 is 38.3 Å². The minimum absolute atomic E-state index is 0.0609. The van der Waals surface area contributed by atoms with E-state index in [0.717, 1.165) is 31.2 Å². The molecule has 3 N–H and O–H groups in total. The minimum atomic E-state index is -0.441. The van der Waals surface area contributed by atoms with Crippen molar-refractivity contribution in [3.05, 3.63) is 38.5 Å². The zero-order chi connectivity index (χ0) is 16.1. The fourth-order valence-electron chi connectivity index (χ4n) is 3.04. The third-order valence-electron chi connectivity index (χ3n) is 4.22. The van der Waals surface area contributed by atoms with E-state index in [1.165, 1.54) is 6.07 Å². The van der Waals surface area contributed by atoms with Crippen LogP contribution in [0.15, 0.2) is 21.7 Å². The molecule has 0 unspecified atom stereocenters. The molecule has 3 heterocycles. The van der Waals surface area contributed by atoms with E-state index < -0.39 is 16.8 Å². The third kappa shape index (κ3) is 2.17. The maximum atomic E-state index is 14.4. The van der Waals surface area contributed by atoms with E-state index in [2.05, 4.69) is 14.7 Å². The fraction of sp³-hybridized carbons (Fsp3) is 0.333. The number of nitrogens with zero attached hydrogens (tertiary/aromatic N) is 1. The molecule has 0 saturated carbocycles. The first kappa shape index (κ1) is 14.4. The van der Waals surface area contributed by atoms with Gasteiger partial charge >= 0.3 is 0 Å². The van der Waals surface area contributed by atoms with E-state index in [0.29, 0.717) is 22.1 Å². The van der Waals surface area contributed by atoms with Gasteiger partial charge in [0, 0.05) is 24.5 Å². The van der Waals surface area contributed by atoms with Crippen LogP contribution in [0.1, 0.15) is 6.92 Å². The Bertz CT molecular complexity index is 1020. The van der Waals surface area contributed by atoms with E-state index in [9.17, 15) is 14.0 Å². The molecule has 3 aromatic rings. The molecule has 120 valence electrons. The first-order valence-electron chi connectivity index (χ1n) is 7.43. The normalized spacial score (nSPS) is 15.5. The summed E-state index contributed by atoms with van der Waals surface area (Å²) in [5.74, 6) is -0.441. The van der Waals surface area contributed by atoms with Gasteiger partial charge in [-0.3, -0.25) is 14.0 Å². The molecule has 0 bridgehead atoms. The molecule has 0 atom stereocenters. The summed E-state index contributed by atoms with van der Waals surface area (Å²) < 4.78 is 16.9. The van der Waals surface area contributed by atoms with Crippen molar-refractivity contribution in [2.24, 2.45) is 0 Å². The lowest BCUT2D eigenvalue weighted by atomic mass is 10.1. The molecule has 8 heteroatoms. The van der Waals surface area contributed by atoms with Crippen LogP contribution in [0.2, 0.25) is 0 Å². The molecule has 2 aromatic heterocycles. The highest BCUT2D eigenvalue weighted by Gasteiger charge is 2.28. The number of nitrogens with one attached hydrogen (secondary N) is 3. The number of rotatable bonds is 3. The Morgan fingerprint density at radius 3 is 2.91 bits per heavy atom. The van der Waals surface area contributed by atoms with Gasteiger partial charge in [0.05, 0.1) is 11.2 Å². The molecule has 0 aliphatic carbocycles. The molecule has 1 aliphatic heterocycles. The standard InChI is InChI=1S/C15H15FN4O2S/c1-2-17-7-5-20(6-7)11-4-10-8(3-9(11)16)13(21)12-14(22)19-23-15(12)18-10/h3-4,7,17H,2,5-6H2,1H3,(H,18,21)(H,19,22). The number of likely N-dealkylation sites (N-methyl/N-ethyl adjacent to an activating group) is 1. The Kier molecular flexibility index (Phi) is 3.24. The summed E-state index contributed by atoms with van der Waals surface area (Å²) in [5.41, 5.74) is 0.148. The second kappa shape index (κ2) is 5.17. The van der Waals surface area contributed by atoms with Gasteiger partial charge in [0.25, 0.3) is 5.56 Å². The molecule has 1 fully saturated rings. The lowest BCUT2D eigenvalue weighted by molar-refractivity contribution is 0.424. The second-order valence-corrected chi connectivity index (χ2v) is 6.52. The smallest absolute Gasteiger partial charge is 0.271 e. The number of H-pyrrole nitrogens is 2. The summed E-state index contributed by atoms with van der Waals surface area (Å²) in [6.07, 6.45) is 0. The van der Waals surface area contributed by atoms with Crippen LogP contribution in [0.4, 0.5) is 10.1 Å². The Morgan fingerprint density at radius 1 is 1.39 bits per heavy atom. The van der Waals surface area contributed by atoms with Gasteiger partial charge in [0.1, 0.15) is 16.0 Å². The largest absolute Gasteiger partial charge is 0.366 e. The van der Waals surface area contributed by atoms with Crippen LogP contribution in [0.25, 0.3) is 21.1 Å². The highest BCUT2D eigenvalue weighted by molar-refractivity contribution is 7.12. The van der Waals surface area contributed by atoms with Crippen molar-refractivity contribution < 1.29 is 4.39 Å². The zero-order valence-corrected chi connectivity index (χ0v) is 13.2. The second-order valence-electron chi connectivity index (χ2n) is 5.70.